The fourth-order valence-corrected chi connectivity index (χ4v) is 1.27. The molecule has 1 aromatic heterocycles. The Hall–Kier alpha value is -0.960. The first kappa shape index (κ1) is 11.1. The average Bonchev–Trinajstić information content (AvgIpc) is 2.56. The number of hydrogen-bond acceptors (Lipinski definition) is 1. The van der Waals surface area contributed by atoms with Crippen molar-refractivity contribution in [3.8, 4) is 0 Å². The van der Waals surface area contributed by atoms with Crippen LogP contribution in [0.25, 0.3) is 0 Å². The smallest absolute Gasteiger partial charge is 0.238 e. The van der Waals surface area contributed by atoms with Crippen LogP contribution < -0.4 is 5.32 Å². The van der Waals surface area contributed by atoms with Gasteiger partial charge in [0.25, 0.3) is 0 Å². The minimum absolute atomic E-state index is 0.0936. The van der Waals surface area contributed by atoms with Crippen LogP contribution in [-0.4, -0.2) is 21.9 Å². The van der Waals surface area contributed by atoms with Crippen molar-refractivity contribution in [1.29, 1.82) is 0 Å². The molecule has 0 bridgehead atoms. The van der Waals surface area contributed by atoms with Gasteiger partial charge in [-0.15, -0.1) is 11.6 Å². The van der Waals surface area contributed by atoms with E-state index in [0.29, 0.717) is 0 Å². The lowest BCUT2D eigenvalue weighted by atomic mass is 10.3. The Balaban J connectivity index is 2.36. The van der Waals surface area contributed by atoms with Gasteiger partial charge >= 0.3 is 0 Å². The lowest BCUT2D eigenvalue weighted by Crippen LogP contribution is -2.39. The van der Waals surface area contributed by atoms with Gasteiger partial charge in [-0.1, -0.05) is 0 Å². The van der Waals surface area contributed by atoms with Gasteiger partial charge in [-0.25, -0.2) is 0 Å². The first-order valence-corrected chi connectivity index (χ1v) is 5.08. The van der Waals surface area contributed by atoms with Crippen molar-refractivity contribution in [3.05, 3.63) is 24.5 Å². The zero-order chi connectivity index (χ0) is 10.6. The van der Waals surface area contributed by atoms with Gasteiger partial charge in [0.1, 0.15) is 5.38 Å². The maximum Gasteiger partial charge on any atom is 0.238 e. The molecule has 0 saturated carbocycles. The molecule has 0 spiro atoms. The standard InChI is InChI=1S/C10H15ClN2O/c1-8(12-10(14)9(2)11)7-13-5-3-4-6-13/h3-6,8-9H,7H2,1-2H3,(H,12,14). The Morgan fingerprint density at radius 2 is 2.00 bits per heavy atom. The molecule has 0 aliphatic heterocycles. The van der Waals surface area contributed by atoms with Crippen LogP contribution >= 0.6 is 11.6 Å². The quantitative estimate of drug-likeness (QED) is 0.760. The molecular weight excluding hydrogens is 200 g/mol. The molecule has 0 fully saturated rings. The number of aromatic nitrogens is 1. The number of carbonyl (C=O) groups excluding carboxylic acids is 1. The number of nitrogens with zero attached hydrogens (tertiary/aromatic N) is 1. The van der Waals surface area contributed by atoms with E-state index in [2.05, 4.69) is 5.32 Å². The molecular formula is C10H15ClN2O. The van der Waals surface area contributed by atoms with Crippen molar-refractivity contribution in [3.63, 3.8) is 0 Å². The summed E-state index contributed by atoms with van der Waals surface area (Å²) in [6.45, 7) is 4.39. The number of alkyl halides is 1. The minimum atomic E-state index is -0.470. The largest absolute Gasteiger partial charge is 0.352 e. The van der Waals surface area contributed by atoms with E-state index in [-0.39, 0.29) is 11.9 Å². The summed E-state index contributed by atoms with van der Waals surface area (Å²) < 4.78 is 2.02. The number of halogens is 1. The van der Waals surface area contributed by atoms with Crippen LogP contribution in [0.1, 0.15) is 13.8 Å². The summed E-state index contributed by atoms with van der Waals surface area (Å²) in [5, 5.41) is 2.36. The van der Waals surface area contributed by atoms with Crippen molar-refractivity contribution in [2.24, 2.45) is 0 Å². The van der Waals surface area contributed by atoms with Gasteiger partial charge in [0.2, 0.25) is 5.91 Å². The second-order valence-electron chi connectivity index (χ2n) is 3.41. The maximum absolute atomic E-state index is 11.2. The average molecular weight is 215 g/mol. The Morgan fingerprint density at radius 1 is 1.43 bits per heavy atom. The SMILES string of the molecule is CC(Cn1cccc1)NC(=O)C(C)Cl. The normalized spacial score (nSPS) is 14.8. The topological polar surface area (TPSA) is 34.0 Å². The van der Waals surface area contributed by atoms with E-state index in [1.165, 1.54) is 0 Å². The van der Waals surface area contributed by atoms with Crippen molar-refractivity contribution in [1.82, 2.24) is 9.88 Å². The Kier molecular flexibility index (Phi) is 4.01. The molecule has 0 aromatic carbocycles. The first-order valence-electron chi connectivity index (χ1n) is 4.65. The number of hydrogen-bond donors (Lipinski definition) is 1. The molecule has 0 aliphatic rings. The van der Waals surface area contributed by atoms with Gasteiger partial charge in [0, 0.05) is 25.0 Å². The minimum Gasteiger partial charge on any atom is -0.352 e. The number of rotatable bonds is 4. The van der Waals surface area contributed by atoms with E-state index in [4.69, 9.17) is 11.6 Å². The van der Waals surface area contributed by atoms with Crippen LogP contribution in [0.4, 0.5) is 0 Å². The number of amides is 1. The van der Waals surface area contributed by atoms with Crippen LogP contribution in [0.2, 0.25) is 0 Å². The Morgan fingerprint density at radius 3 is 2.50 bits per heavy atom. The predicted molar refractivity (Wildman–Crippen MR) is 57.4 cm³/mol. The lowest BCUT2D eigenvalue weighted by molar-refractivity contribution is -0.121. The third kappa shape index (κ3) is 3.42. The van der Waals surface area contributed by atoms with E-state index in [0.717, 1.165) is 6.54 Å². The van der Waals surface area contributed by atoms with Crippen LogP contribution in [-0.2, 0) is 11.3 Å². The maximum atomic E-state index is 11.2. The Labute approximate surface area is 89.1 Å². The highest BCUT2D eigenvalue weighted by molar-refractivity contribution is 6.30. The summed E-state index contributed by atoms with van der Waals surface area (Å²) in [6.07, 6.45) is 3.93. The summed E-state index contributed by atoms with van der Waals surface area (Å²) in [7, 11) is 0. The fourth-order valence-electron chi connectivity index (χ4n) is 1.21. The highest BCUT2D eigenvalue weighted by Crippen LogP contribution is 1.97. The summed E-state index contributed by atoms with van der Waals surface area (Å²) in [6, 6.07) is 4.01. The van der Waals surface area contributed by atoms with E-state index in [1.54, 1.807) is 6.92 Å². The second kappa shape index (κ2) is 5.05. The van der Waals surface area contributed by atoms with Gasteiger partial charge in [-0.2, -0.15) is 0 Å². The molecule has 78 valence electrons. The summed E-state index contributed by atoms with van der Waals surface area (Å²) in [4.78, 5) is 11.2. The molecule has 0 aliphatic carbocycles. The van der Waals surface area contributed by atoms with Crippen LogP contribution in [0.5, 0.6) is 0 Å². The molecule has 2 unspecified atom stereocenters. The van der Waals surface area contributed by atoms with Gasteiger partial charge in [0.05, 0.1) is 0 Å². The van der Waals surface area contributed by atoms with Crippen molar-refractivity contribution in [2.75, 3.05) is 0 Å². The first-order chi connectivity index (χ1) is 6.59. The second-order valence-corrected chi connectivity index (χ2v) is 4.06. The van der Waals surface area contributed by atoms with Crippen LogP contribution in [0.15, 0.2) is 24.5 Å². The molecule has 4 heteroatoms. The summed E-state index contributed by atoms with van der Waals surface area (Å²) in [5.74, 6) is -0.119. The third-order valence-corrected chi connectivity index (χ3v) is 2.10. The number of nitrogens with one attached hydrogen (secondary N) is 1. The van der Waals surface area contributed by atoms with E-state index < -0.39 is 5.38 Å². The molecule has 0 saturated heterocycles. The third-order valence-electron chi connectivity index (χ3n) is 1.90. The molecule has 1 amide bonds. The molecule has 2 atom stereocenters. The summed E-state index contributed by atoms with van der Waals surface area (Å²) in [5.41, 5.74) is 0. The van der Waals surface area contributed by atoms with Gasteiger partial charge in [0.15, 0.2) is 0 Å². The van der Waals surface area contributed by atoms with Gasteiger partial charge < -0.3 is 9.88 Å². The van der Waals surface area contributed by atoms with Crippen LogP contribution in [0, 0.1) is 0 Å². The highest BCUT2D eigenvalue weighted by Gasteiger charge is 2.11. The predicted octanol–water partition coefficient (Wildman–Crippen LogP) is 1.62. The summed E-state index contributed by atoms with van der Waals surface area (Å²) >= 11 is 5.64. The zero-order valence-corrected chi connectivity index (χ0v) is 9.16. The van der Waals surface area contributed by atoms with Gasteiger partial charge in [-0.05, 0) is 26.0 Å². The molecule has 1 N–H and O–H groups in total. The Bertz CT molecular complexity index is 282. The highest BCUT2D eigenvalue weighted by atomic mass is 35.5. The van der Waals surface area contributed by atoms with Crippen molar-refractivity contribution < 1.29 is 4.79 Å². The van der Waals surface area contributed by atoms with Crippen LogP contribution in [0.3, 0.4) is 0 Å². The molecule has 3 nitrogen and oxygen atoms in total. The molecule has 0 radical (unpaired) electrons. The zero-order valence-electron chi connectivity index (χ0n) is 8.40. The molecule has 14 heavy (non-hydrogen) atoms. The molecule has 1 heterocycles. The van der Waals surface area contributed by atoms with Crippen molar-refractivity contribution >= 4 is 17.5 Å². The van der Waals surface area contributed by atoms with E-state index >= 15 is 0 Å². The van der Waals surface area contributed by atoms with Crippen molar-refractivity contribution in [2.45, 2.75) is 31.8 Å². The molecule has 1 aromatic rings. The monoisotopic (exact) mass is 214 g/mol. The molecule has 1 rings (SSSR count). The van der Waals surface area contributed by atoms with E-state index in [1.807, 2.05) is 36.0 Å². The van der Waals surface area contributed by atoms with E-state index in [9.17, 15) is 4.79 Å². The fraction of sp³-hybridized carbons (Fsp3) is 0.500. The van der Waals surface area contributed by atoms with Gasteiger partial charge in [-0.3, -0.25) is 4.79 Å². The number of carbonyl (C=O) groups is 1. The lowest BCUT2D eigenvalue weighted by Gasteiger charge is -2.15.